The number of esters is 1. The summed E-state index contributed by atoms with van der Waals surface area (Å²) in [5, 5.41) is 30.8. The molecule has 12 nitrogen and oxygen atoms in total. The minimum atomic E-state index is -5.07. The predicted molar refractivity (Wildman–Crippen MR) is 294 cm³/mol. The summed E-state index contributed by atoms with van der Waals surface area (Å²) >= 11 is 0. The first-order valence-corrected chi connectivity index (χ1v) is 30.4. The molecule has 0 saturated carbocycles. The largest absolute Gasteiger partial charge is 0.457 e. The Labute approximate surface area is 439 Å². The second-order valence-corrected chi connectivity index (χ2v) is 20.9. The van der Waals surface area contributed by atoms with Crippen LogP contribution in [-0.2, 0) is 38.3 Å². The van der Waals surface area contributed by atoms with Crippen LogP contribution in [0.1, 0.15) is 245 Å². The van der Waals surface area contributed by atoms with E-state index in [1.807, 2.05) is 0 Å². The summed E-state index contributed by atoms with van der Waals surface area (Å²) in [7, 11) is -5.07. The van der Waals surface area contributed by atoms with Crippen molar-refractivity contribution in [2.75, 3.05) is 26.4 Å². The average Bonchev–Trinajstić information content (AvgIpc) is 3.36. The van der Waals surface area contributed by atoms with E-state index in [0.29, 0.717) is 13.0 Å². The first-order chi connectivity index (χ1) is 35.1. The first kappa shape index (κ1) is 67.8. The Bertz CT molecular complexity index is 1480. The molecule has 4 N–H and O–H groups in total. The molecule has 1 rings (SSSR count). The summed E-state index contributed by atoms with van der Waals surface area (Å²) in [6.45, 7) is 3.97. The Hall–Kier alpha value is -2.20. The number of rotatable bonds is 51. The quantitative estimate of drug-likeness (QED) is 0.0196. The predicted octanol–water partition coefficient (Wildman–Crippen LogP) is 14.4. The lowest BCUT2D eigenvalue weighted by Crippen LogP contribution is -2.60. The SMILES string of the molecule is CCCCC/C=C\C/C=C\CCCCCCCCCCCC(=O)OC(COCCCCCCCCCCCCC/C=C\C/C=C\C/C=C\CCCCCCC)COC1OC(CO)C(O)C(OS(=O)(=O)O)C1O. The molecule has 1 aliphatic rings. The Morgan fingerprint density at radius 3 is 1.36 bits per heavy atom. The van der Waals surface area contributed by atoms with Crippen LogP contribution in [0.25, 0.3) is 0 Å². The van der Waals surface area contributed by atoms with E-state index in [-0.39, 0.29) is 19.6 Å². The smallest absolute Gasteiger partial charge is 0.397 e. The van der Waals surface area contributed by atoms with Crippen molar-refractivity contribution in [1.29, 1.82) is 0 Å². The molecule has 0 radical (unpaired) electrons. The van der Waals surface area contributed by atoms with Crippen LogP contribution in [0.4, 0.5) is 0 Å². The molecule has 72 heavy (non-hydrogen) atoms. The van der Waals surface area contributed by atoms with E-state index in [0.717, 1.165) is 64.2 Å². The van der Waals surface area contributed by atoms with Gasteiger partial charge in [-0.3, -0.25) is 9.35 Å². The molecule has 13 heteroatoms. The standard InChI is InChI=1S/C59H106O12S/c1-3-5-7-9-11-13-15-17-19-21-23-24-25-26-27-28-29-31-33-35-37-39-41-43-45-47-49-67-51-53(52-68-59-57(63)58(71-72(64,65)66)56(62)54(50-60)70-59)69-55(61)48-46-44-42-40-38-36-34-32-30-22-20-18-16-14-12-10-8-6-4-2/h12,14-15,17-18,20-21,23,25-26,53-54,56-60,62-63H,3-11,13,16,19,22,24,27-52H2,1-2H3,(H,64,65,66)/b14-12-,17-15-,20-18-,23-21-,26-25-. The molecule has 0 amide bonds. The van der Waals surface area contributed by atoms with Crippen LogP contribution in [0.3, 0.4) is 0 Å². The highest BCUT2D eigenvalue weighted by Gasteiger charge is 2.48. The molecular formula is C59H106O12S. The van der Waals surface area contributed by atoms with E-state index < -0.39 is 59.8 Å². The van der Waals surface area contributed by atoms with Crippen LogP contribution in [0.5, 0.6) is 0 Å². The van der Waals surface area contributed by atoms with Crippen LogP contribution in [-0.4, -0.2) is 97.5 Å². The number of carbonyl (C=O) groups excluding carboxylic acids is 1. The van der Waals surface area contributed by atoms with Gasteiger partial charge in [0.2, 0.25) is 0 Å². The lowest BCUT2D eigenvalue weighted by molar-refractivity contribution is -0.301. The molecule has 0 spiro atoms. The molecule has 6 unspecified atom stereocenters. The van der Waals surface area contributed by atoms with E-state index in [1.165, 1.54) is 154 Å². The van der Waals surface area contributed by atoms with E-state index >= 15 is 0 Å². The number of hydrogen-bond acceptors (Lipinski definition) is 11. The van der Waals surface area contributed by atoms with Gasteiger partial charge in [-0.25, -0.2) is 4.18 Å². The van der Waals surface area contributed by atoms with Crippen LogP contribution in [0, 0.1) is 0 Å². The first-order valence-electron chi connectivity index (χ1n) is 29.0. The van der Waals surface area contributed by atoms with Crippen molar-refractivity contribution in [3.05, 3.63) is 60.8 Å². The zero-order valence-electron chi connectivity index (χ0n) is 45.5. The van der Waals surface area contributed by atoms with E-state index in [1.54, 1.807) is 0 Å². The second-order valence-electron chi connectivity index (χ2n) is 19.9. The second kappa shape index (κ2) is 49.7. The van der Waals surface area contributed by atoms with Crippen molar-refractivity contribution < 1.29 is 56.2 Å². The summed E-state index contributed by atoms with van der Waals surface area (Å²) in [5.74, 6) is -0.404. The van der Waals surface area contributed by atoms with Gasteiger partial charge in [0.15, 0.2) is 6.29 Å². The molecule has 0 aromatic heterocycles. The summed E-state index contributed by atoms with van der Waals surface area (Å²) in [6, 6.07) is 0. The highest BCUT2D eigenvalue weighted by Crippen LogP contribution is 2.26. The lowest BCUT2D eigenvalue weighted by atomic mass is 9.99. The van der Waals surface area contributed by atoms with Gasteiger partial charge in [-0.1, -0.05) is 216 Å². The molecule has 1 aliphatic heterocycles. The van der Waals surface area contributed by atoms with E-state index in [2.05, 4.69) is 78.8 Å². The molecule has 1 heterocycles. The fraction of sp³-hybridized carbons (Fsp3) is 0.814. The third-order valence-electron chi connectivity index (χ3n) is 13.1. The molecule has 0 aliphatic carbocycles. The number of aliphatic hydroxyl groups is 3. The van der Waals surface area contributed by atoms with Gasteiger partial charge in [0, 0.05) is 13.0 Å². The third kappa shape index (κ3) is 42.1. The van der Waals surface area contributed by atoms with Crippen molar-refractivity contribution >= 4 is 16.4 Å². The Kier molecular flexibility index (Phi) is 46.8. The molecule has 0 aromatic rings. The number of ether oxygens (including phenoxy) is 4. The Morgan fingerprint density at radius 1 is 0.528 bits per heavy atom. The van der Waals surface area contributed by atoms with Crippen LogP contribution < -0.4 is 0 Å². The normalized spacial score (nSPS) is 19.3. The minimum Gasteiger partial charge on any atom is -0.457 e. The molecule has 1 saturated heterocycles. The van der Waals surface area contributed by atoms with E-state index in [9.17, 15) is 33.1 Å². The number of carbonyl (C=O) groups is 1. The number of aliphatic hydroxyl groups excluding tert-OH is 3. The Balaban J connectivity index is 2.29. The van der Waals surface area contributed by atoms with Gasteiger partial charge in [-0.2, -0.15) is 8.42 Å². The number of hydrogen-bond donors (Lipinski definition) is 4. The molecular weight excluding hydrogens is 933 g/mol. The van der Waals surface area contributed by atoms with Crippen LogP contribution >= 0.6 is 0 Å². The van der Waals surface area contributed by atoms with Gasteiger partial charge in [-0.15, -0.1) is 0 Å². The third-order valence-corrected chi connectivity index (χ3v) is 13.6. The fourth-order valence-electron chi connectivity index (χ4n) is 8.71. The highest BCUT2D eigenvalue weighted by molar-refractivity contribution is 7.80. The lowest BCUT2D eigenvalue weighted by Gasteiger charge is -2.41. The maximum absolute atomic E-state index is 13.0. The van der Waals surface area contributed by atoms with Gasteiger partial charge < -0.3 is 34.3 Å². The number of allylic oxidation sites excluding steroid dienone is 10. The summed E-state index contributed by atoms with van der Waals surface area (Å²) in [4.78, 5) is 13.0. The molecule has 420 valence electrons. The van der Waals surface area contributed by atoms with Gasteiger partial charge in [0.05, 0.1) is 19.8 Å². The summed E-state index contributed by atoms with van der Waals surface area (Å²) in [5.41, 5.74) is 0. The minimum absolute atomic E-state index is 0.0312. The summed E-state index contributed by atoms with van der Waals surface area (Å²) in [6.07, 6.45) is 55.4. The van der Waals surface area contributed by atoms with Crippen molar-refractivity contribution in [2.24, 2.45) is 0 Å². The van der Waals surface area contributed by atoms with Crippen molar-refractivity contribution in [3.8, 4) is 0 Å². The van der Waals surface area contributed by atoms with Gasteiger partial charge in [-0.05, 0) is 83.5 Å². The van der Waals surface area contributed by atoms with Crippen molar-refractivity contribution in [2.45, 2.75) is 282 Å². The van der Waals surface area contributed by atoms with Crippen molar-refractivity contribution in [1.82, 2.24) is 0 Å². The molecule has 0 bridgehead atoms. The van der Waals surface area contributed by atoms with Crippen LogP contribution in [0.2, 0.25) is 0 Å². The van der Waals surface area contributed by atoms with E-state index in [4.69, 9.17) is 18.9 Å². The van der Waals surface area contributed by atoms with Gasteiger partial charge in [0.1, 0.15) is 30.5 Å². The van der Waals surface area contributed by atoms with Gasteiger partial charge >= 0.3 is 16.4 Å². The molecule has 0 aromatic carbocycles. The monoisotopic (exact) mass is 1040 g/mol. The maximum Gasteiger partial charge on any atom is 0.397 e. The maximum atomic E-state index is 13.0. The molecule has 6 atom stereocenters. The highest BCUT2D eigenvalue weighted by atomic mass is 32.3. The Morgan fingerprint density at radius 2 is 0.917 bits per heavy atom. The zero-order valence-corrected chi connectivity index (χ0v) is 46.3. The van der Waals surface area contributed by atoms with Crippen LogP contribution in [0.15, 0.2) is 60.8 Å². The molecule has 1 fully saturated rings. The summed E-state index contributed by atoms with van der Waals surface area (Å²) < 4.78 is 59.4. The fourth-order valence-corrected chi connectivity index (χ4v) is 9.22. The topological polar surface area (TPSA) is 178 Å². The van der Waals surface area contributed by atoms with Crippen molar-refractivity contribution in [3.63, 3.8) is 0 Å². The number of unbranched alkanes of at least 4 members (excludes halogenated alkanes) is 28. The average molecular weight is 1040 g/mol. The zero-order chi connectivity index (χ0) is 52.4. The van der Waals surface area contributed by atoms with Gasteiger partial charge in [0.25, 0.3) is 0 Å².